The van der Waals surface area contributed by atoms with Gasteiger partial charge in [-0.15, -0.1) is 0 Å². The number of carboxylic acids is 1. The van der Waals surface area contributed by atoms with Crippen molar-refractivity contribution in [1.82, 2.24) is 4.90 Å². The fourth-order valence-corrected chi connectivity index (χ4v) is 5.38. The van der Waals surface area contributed by atoms with Crippen LogP contribution in [-0.4, -0.2) is 40.2 Å². The first-order chi connectivity index (χ1) is 18.3. The molecule has 38 heavy (non-hydrogen) atoms. The number of carbonyl (C=O) groups excluding carboxylic acids is 1. The van der Waals surface area contributed by atoms with Gasteiger partial charge in [0.05, 0.1) is 27.2 Å². The number of likely N-dealkylation sites (N-methyl/N-ethyl adjacent to an activating group) is 1. The Morgan fingerprint density at radius 3 is 2.45 bits per heavy atom. The van der Waals surface area contributed by atoms with E-state index in [4.69, 9.17) is 26.2 Å². The second-order valence-electron chi connectivity index (χ2n) is 8.08. The summed E-state index contributed by atoms with van der Waals surface area (Å²) in [6, 6.07) is 17.3. The first-order valence-electron chi connectivity index (χ1n) is 11.8. The first kappa shape index (κ1) is 27.8. The number of halogens is 2. The zero-order valence-corrected chi connectivity index (χ0v) is 23.8. The first-order valence-corrected chi connectivity index (χ1v) is 13.7. The quantitative estimate of drug-likeness (QED) is 0.252. The van der Waals surface area contributed by atoms with Crippen LogP contribution in [0.25, 0.3) is 6.08 Å². The second-order valence-corrected chi connectivity index (χ2v) is 10.4. The molecule has 0 bridgehead atoms. The number of carboxylic acid groups (broad SMARTS) is 1. The molecule has 3 aromatic rings. The average Bonchev–Trinajstić information content (AvgIpc) is 3.18. The lowest BCUT2D eigenvalue weighted by atomic mass is 10.1. The Bertz CT molecular complexity index is 1410. The number of aromatic carboxylic acids is 1. The number of amidine groups is 1. The average molecular weight is 616 g/mol. The summed E-state index contributed by atoms with van der Waals surface area (Å²) in [5.41, 5.74) is 2.46. The highest BCUT2D eigenvalue weighted by Gasteiger charge is 2.32. The third-order valence-corrected chi connectivity index (χ3v) is 7.32. The number of carbonyl (C=O) groups is 2. The molecule has 0 aliphatic carbocycles. The maximum atomic E-state index is 13.1. The number of benzene rings is 3. The van der Waals surface area contributed by atoms with Gasteiger partial charge in [0.1, 0.15) is 6.61 Å². The van der Waals surface area contributed by atoms with Crippen molar-refractivity contribution in [1.29, 1.82) is 0 Å². The molecule has 1 saturated heterocycles. The van der Waals surface area contributed by atoms with Gasteiger partial charge in [0.15, 0.2) is 16.7 Å². The predicted octanol–water partition coefficient (Wildman–Crippen LogP) is 7.40. The minimum atomic E-state index is -1.01. The van der Waals surface area contributed by atoms with Crippen LogP contribution < -0.4 is 9.47 Å². The lowest BCUT2D eigenvalue weighted by molar-refractivity contribution is -0.122. The maximum Gasteiger partial charge on any atom is 0.335 e. The lowest BCUT2D eigenvalue weighted by Gasteiger charge is -2.15. The molecule has 0 radical (unpaired) electrons. The highest BCUT2D eigenvalue weighted by atomic mass is 79.9. The van der Waals surface area contributed by atoms with Crippen molar-refractivity contribution in [3.63, 3.8) is 0 Å². The number of thioether (sulfide) groups is 1. The SMILES string of the molecule is CCOc1cc(/C=C2\SC(=Nc3ccc(C(=O)O)cc3)N(CC)C2=O)cc(Br)c1OCc1ccc(Cl)cc1. The van der Waals surface area contributed by atoms with E-state index in [1.54, 1.807) is 23.1 Å². The summed E-state index contributed by atoms with van der Waals surface area (Å²) in [5, 5.41) is 10.3. The lowest BCUT2D eigenvalue weighted by Crippen LogP contribution is -2.28. The molecular weight excluding hydrogens is 592 g/mol. The molecule has 0 saturated carbocycles. The number of nitrogens with zero attached hydrogens (tertiary/aromatic N) is 2. The van der Waals surface area contributed by atoms with Crippen molar-refractivity contribution in [2.75, 3.05) is 13.2 Å². The molecule has 0 unspecified atom stereocenters. The Balaban J connectivity index is 1.59. The zero-order valence-electron chi connectivity index (χ0n) is 20.6. The molecule has 4 rings (SSSR count). The van der Waals surface area contributed by atoms with E-state index in [9.17, 15) is 9.59 Å². The molecule has 0 atom stereocenters. The van der Waals surface area contributed by atoms with E-state index >= 15 is 0 Å². The van der Waals surface area contributed by atoms with E-state index in [0.717, 1.165) is 11.1 Å². The Morgan fingerprint density at radius 2 is 1.82 bits per heavy atom. The highest BCUT2D eigenvalue weighted by molar-refractivity contribution is 9.10. The molecule has 3 aromatic carbocycles. The normalized spacial score (nSPS) is 15.4. The van der Waals surface area contributed by atoms with Crippen molar-refractivity contribution in [2.45, 2.75) is 20.5 Å². The minimum absolute atomic E-state index is 0.157. The number of aliphatic imine (C=N–C) groups is 1. The standard InChI is InChI=1S/C28H24BrClN2O5S/c1-3-32-26(33)24(38-28(32)31-21-11-7-19(8-12-21)27(34)35)15-18-13-22(29)25(23(14-18)36-4-2)37-16-17-5-9-20(30)10-6-17/h5-15H,3-4,16H2,1-2H3,(H,34,35)/b24-15-,31-28?. The molecule has 10 heteroatoms. The van der Waals surface area contributed by atoms with Crippen molar-refractivity contribution in [3.8, 4) is 11.5 Å². The van der Waals surface area contributed by atoms with Gasteiger partial charge in [-0.3, -0.25) is 9.69 Å². The van der Waals surface area contributed by atoms with Gasteiger partial charge in [-0.05, 0) is 107 Å². The summed E-state index contributed by atoms with van der Waals surface area (Å²) in [7, 11) is 0. The fourth-order valence-electron chi connectivity index (χ4n) is 3.62. The van der Waals surface area contributed by atoms with Gasteiger partial charge < -0.3 is 14.6 Å². The minimum Gasteiger partial charge on any atom is -0.490 e. The van der Waals surface area contributed by atoms with Crippen molar-refractivity contribution in [3.05, 3.63) is 91.8 Å². The summed E-state index contributed by atoms with van der Waals surface area (Å²) < 4.78 is 12.6. The largest absolute Gasteiger partial charge is 0.490 e. The van der Waals surface area contributed by atoms with Crippen molar-refractivity contribution in [2.24, 2.45) is 4.99 Å². The van der Waals surface area contributed by atoms with Crippen LogP contribution in [-0.2, 0) is 11.4 Å². The second kappa shape index (κ2) is 12.5. The van der Waals surface area contributed by atoms with Gasteiger partial charge in [-0.2, -0.15) is 0 Å². The number of hydrogen-bond acceptors (Lipinski definition) is 6. The van der Waals surface area contributed by atoms with E-state index in [0.29, 0.717) is 56.5 Å². The summed E-state index contributed by atoms with van der Waals surface area (Å²) in [5.74, 6) is -0.0425. The zero-order chi connectivity index (χ0) is 27.2. The molecule has 1 aliphatic heterocycles. The molecule has 1 heterocycles. The van der Waals surface area contributed by atoms with Crippen LogP contribution in [0.5, 0.6) is 11.5 Å². The molecule has 1 aliphatic rings. The van der Waals surface area contributed by atoms with Gasteiger partial charge >= 0.3 is 5.97 Å². The number of amides is 1. The number of ether oxygens (including phenoxy) is 2. The van der Waals surface area contributed by atoms with Crippen LogP contribution in [0.15, 0.2) is 75.0 Å². The van der Waals surface area contributed by atoms with E-state index in [1.807, 2.05) is 50.2 Å². The van der Waals surface area contributed by atoms with Crippen LogP contribution in [0.4, 0.5) is 5.69 Å². The Labute approximate surface area is 238 Å². The molecule has 196 valence electrons. The van der Waals surface area contributed by atoms with Gasteiger partial charge in [0, 0.05) is 11.6 Å². The fraction of sp³-hybridized carbons (Fsp3) is 0.179. The van der Waals surface area contributed by atoms with Crippen LogP contribution in [0.1, 0.15) is 35.3 Å². The molecule has 1 N–H and O–H groups in total. The smallest absolute Gasteiger partial charge is 0.335 e. The van der Waals surface area contributed by atoms with Crippen LogP contribution in [0.3, 0.4) is 0 Å². The molecule has 7 nitrogen and oxygen atoms in total. The van der Waals surface area contributed by atoms with Gasteiger partial charge in [0.2, 0.25) is 0 Å². The third-order valence-electron chi connectivity index (χ3n) is 5.47. The van der Waals surface area contributed by atoms with Gasteiger partial charge in [0.25, 0.3) is 5.91 Å². The molecular formula is C28H24BrClN2O5S. The Hall–Kier alpha value is -3.27. The van der Waals surface area contributed by atoms with E-state index < -0.39 is 5.97 Å². The van der Waals surface area contributed by atoms with E-state index in [2.05, 4.69) is 20.9 Å². The van der Waals surface area contributed by atoms with Gasteiger partial charge in [-0.1, -0.05) is 23.7 Å². The monoisotopic (exact) mass is 614 g/mol. The topological polar surface area (TPSA) is 88.4 Å². The van der Waals surface area contributed by atoms with Crippen LogP contribution in [0.2, 0.25) is 5.02 Å². The molecule has 1 fully saturated rings. The van der Waals surface area contributed by atoms with Crippen molar-refractivity contribution < 1.29 is 24.2 Å². The summed E-state index contributed by atoms with van der Waals surface area (Å²) in [6.45, 7) is 4.99. The third kappa shape index (κ3) is 6.59. The summed E-state index contributed by atoms with van der Waals surface area (Å²) in [6.07, 6.45) is 1.79. The Kier molecular flexibility index (Phi) is 9.14. The highest BCUT2D eigenvalue weighted by Crippen LogP contribution is 2.40. The summed E-state index contributed by atoms with van der Waals surface area (Å²) >= 11 is 10.8. The maximum absolute atomic E-state index is 13.1. The van der Waals surface area contributed by atoms with E-state index in [-0.39, 0.29) is 11.5 Å². The number of hydrogen-bond donors (Lipinski definition) is 1. The van der Waals surface area contributed by atoms with Crippen LogP contribution in [0, 0.1) is 0 Å². The van der Waals surface area contributed by atoms with Crippen molar-refractivity contribution >= 4 is 68.1 Å². The van der Waals surface area contributed by atoms with Crippen LogP contribution >= 0.6 is 39.3 Å². The Morgan fingerprint density at radius 1 is 1.11 bits per heavy atom. The van der Waals surface area contributed by atoms with Gasteiger partial charge in [-0.25, -0.2) is 9.79 Å². The van der Waals surface area contributed by atoms with E-state index in [1.165, 1.54) is 23.9 Å². The number of rotatable bonds is 9. The molecule has 0 spiro atoms. The molecule has 1 amide bonds. The molecule has 0 aromatic heterocycles. The predicted molar refractivity (Wildman–Crippen MR) is 155 cm³/mol. The summed E-state index contributed by atoms with van der Waals surface area (Å²) in [4.78, 5) is 30.9.